The summed E-state index contributed by atoms with van der Waals surface area (Å²) in [6.45, 7) is 31.4. The van der Waals surface area contributed by atoms with Gasteiger partial charge in [0.1, 0.15) is 123 Å². The van der Waals surface area contributed by atoms with E-state index >= 15 is 0 Å². The quantitative estimate of drug-likeness (QED) is 0.0940. The van der Waals surface area contributed by atoms with Gasteiger partial charge in [-0.15, -0.1) is 0 Å². The number of fused-ring (bicyclic) bond motifs is 23. The molecule has 18 aliphatic rings. The Morgan fingerprint density at radius 2 is 0.726 bits per heavy atom. The Morgan fingerprint density at radius 3 is 1.23 bits per heavy atom. The third-order valence-electron chi connectivity index (χ3n) is 27.6. The van der Waals surface area contributed by atoms with Gasteiger partial charge in [-0.1, -0.05) is 53.9 Å². The lowest BCUT2D eigenvalue weighted by molar-refractivity contribution is -0.226. The molecule has 1 aliphatic carbocycles. The minimum atomic E-state index is -1.64. The first-order valence-electron chi connectivity index (χ1n) is 49.4. The van der Waals surface area contributed by atoms with Crippen molar-refractivity contribution >= 4 is 47.8 Å². The normalized spacial score (nSPS) is 44.1. The molecule has 135 heavy (non-hydrogen) atoms. The van der Waals surface area contributed by atoms with E-state index in [9.17, 15) is 38.4 Å². The summed E-state index contributed by atoms with van der Waals surface area (Å²) >= 11 is 0. The van der Waals surface area contributed by atoms with Crippen LogP contribution in [0.1, 0.15) is 277 Å². The summed E-state index contributed by atoms with van der Waals surface area (Å²) in [6, 6.07) is 0. The van der Waals surface area contributed by atoms with Crippen LogP contribution in [0.25, 0.3) is 0 Å². The van der Waals surface area contributed by atoms with Gasteiger partial charge >= 0.3 is 47.8 Å². The number of hydrogen-bond donors (Lipinski definition) is 0. The van der Waals surface area contributed by atoms with Gasteiger partial charge in [-0.3, -0.25) is 28.8 Å². The summed E-state index contributed by atoms with van der Waals surface area (Å²) in [5, 5.41) is 0. The topological polar surface area (TPSA) is 432 Å². The lowest BCUT2D eigenvalue weighted by Gasteiger charge is -2.30. The molecule has 18 fully saturated rings. The Labute approximate surface area is 790 Å². The van der Waals surface area contributed by atoms with Crippen molar-refractivity contribution < 1.29 is 190 Å². The predicted molar refractivity (Wildman–Crippen MR) is 459 cm³/mol. The SMILES string of the molecule is CC(C)CC1(C)OCC(C2OC3CCC(=O)OCCCOC(=O)CCC4OCC(O4)C2O3)O1.CC1(C)OCC(C2OC3(C)CCC(=O)OC4CCC(CC4)OC(=O)CCC4(C)OCC(O4)C2O3)O1.CCC1(C)OCC(C2OC3(C)OC2C2COC(C)(O2)C(=O)OCCOC3=O)O1.CCCCCCC1(CC)OCC(C2OC3(C)CCC(=O)OCCCCOC(=O)CCC4(C)OCC(O4)C2O3)O1. The van der Waals surface area contributed by atoms with Gasteiger partial charge in [-0.25, -0.2) is 9.59 Å². The average Bonchev–Trinajstić information content (AvgIpc) is 1.61. The summed E-state index contributed by atoms with van der Waals surface area (Å²) in [5.74, 6) is -12.7. The maximum Gasteiger partial charge on any atom is 0.366 e. The molecular weight excluding hydrogens is 1780 g/mol. The first-order chi connectivity index (χ1) is 64.2. The molecule has 0 aromatic carbocycles. The summed E-state index contributed by atoms with van der Waals surface area (Å²) in [6.07, 6.45) is 6.04. The molecule has 40 heteroatoms. The molecule has 17 aliphatic heterocycles. The number of cyclic esters (lactones) is 6. The van der Waals surface area contributed by atoms with Crippen LogP contribution < -0.4 is 0 Å². The van der Waals surface area contributed by atoms with E-state index in [-0.39, 0.29) is 170 Å². The number of rotatable bonds is 13. The lowest BCUT2D eigenvalue weighted by atomic mass is 9.95. The van der Waals surface area contributed by atoms with Crippen LogP contribution in [0.5, 0.6) is 0 Å². The van der Waals surface area contributed by atoms with E-state index in [4.69, 9.17) is 152 Å². The highest BCUT2D eigenvalue weighted by Gasteiger charge is 2.64. The molecule has 17 saturated heterocycles. The van der Waals surface area contributed by atoms with Crippen LogP contribution in [-0.2, 0) is 190 Å². The van der Waals surface area contributed by atoms with Crippen molar-refractivity contribution in [2.45, 2.75) is 458 Å². The van der Waals surface area contributed by atoms with Gasteiger partial charge in [0, 0.05) is 71.6 Å². The summed E-state index contributed by atoms with van der Waals surface area (Å²) < 4.78 is 190. The van der Waals surface area contributed by atoms with Crippen LogP contribution in [0.3, 0.4) is 0 Å². The van der Waals surface area contributed by atoms with Crippen molar-refractivity contribution in [3.8, 4) is 0 Å². The van der Waals surface area contributed by atoms with Crippen molar-refractivity contribution in [1.82, 2.24) is 0 Å². The Hall–Kier alpha value is -5.20. The monoisotopic (exact) mass is 1930 g/mol. The van der Waals surface area contributed by atoms with E-state index in [1.807, 2.05) is 62.3 Å². The van der Waals surface area contributed by atoms with Gasteiger partial charge in [0.15, 0.2) is 58.9 Å². The number of carbonyl (C=O) groups excluding carboxylic acids is 8. The van der Waals surface area contributed by atoms with Crippen molar-refractivity contribution in [3.63, 3.8) is 0 Å². The molecule has 27 unspecified atom stereocenters. The fraction of sp³-hybridized carbons (Fsp3) is 0.916. The van der Waals surface area contributed by atoms with Crippen molar-refractivity contribution in [2.24, 2.45) is 5.92 Å². The minimum absolute atomic E-state index is 0.0693. The summed E-state index contributed by atoms with van der Waals surface area (Å²) in [4.78, 5) is 98.7. The zero-order valence-electron chi connectivity index (χ0n) is 81.4. The highest BCUT2D eigenvalue weighted by molar-refractivity contribution is 5.79. The smallest absolute Gasteiger partial charge is 0.366 e. The Kier molecular flexibility index (Phi) is 35.7. The highest BCUT2D eigenvalue weighted by Crippen LogP contribution is 2.49. The zero-order chi connectivity index (χ0) is 96.4. The number of carbonyl (C=O) groups is 8. The highest BCUT2D eigenvalue weighted by atomic mass is 16.9. The fourth-order valence-electron chi connectivity index (χ4n) is 20.0. The third kappa shape index (κ3) is 27.8. The second-order valence-electron chi connectivity index (χ2n) is 40.1. The van der Waals surface area contributed by atoms with Gasteiger partial charge in [0.2, 0.25) is 0 Å². The van der Waals surface area contributed by atoms with Gasteiger partial charge in [0.05, 0.1) is 118 Å². The standard InChI is InChI=1S/C29H48O10.C25H38O10.C23H36O10.C18H26O10/c1-5-7-8-9-14-29(6-2)35-20-22(37-29)26-25-21-19-34-27(3,36-21)15-12-23(30)32-17-10-11-18-33-24(31)13-16-28(4,38-25)39-26;1-23(2)28-13-17(32-23)21-22-18-14-29-24(3,33-18)11-9-19(26)30-15-5-7-16(8-6-15)31-20(27)10-12-25(4,34-21)35-22;1-14(2)11-23(3)29-13-16(33-23)22-21-15-12-28-19(30-15)7-5-17(24)26-9-4-10-27-18(25)6-8-20(31-21)32-22;1-5-16(2)23-8-10(25-16)12-13-11-9-24-17(3,26-11)14(19)21-6-7-22-15(20)18(4,27-12)28-13/h21-22,25-26H,5-20H2,1-4H3;15-18,21-22H,5-14H2,1-4H3;14-16,19-22H,4-13H2,1-3H3;10-13H,5-9H2,1-4H3. The molecule has 0 spiro atoms. The van der Waals surface area contributed by atoms with E-state index in [2.05, 4.69) is 27.7 Å². The largest absolute Gasteiger partial charge is 0.466 e. The number of hydrogen-bond acceptors (Lipinski definition) is 40. The third-order valence-corrected chi connectivity index (χ3v) is 27.6. The Bertz CT molecular complexity index is 3940. The van der Waals surface area contributed by atoms with Crippen LogP contribution in [0.15, 0.2) is 0 Å². The molecule has 27 atom stereocenters. The molecule has 0 radical (unpaired) electrons. The van der Waals surface area contributed by atoms with Gasteiger partial charge in [-0.05, 0) is 119 Å². The van der Waals surface area contributed by atoms with Crippen molar-refractivity contribution in [1.29, 1.82) is 0 Å². The molecule has 0 aromatic heterocycles. The van der Waals surface area contributed by atoms with E-state index in [0.717, 1.165) is 32.1 Å². The van der Waals surface area contributed by atoms with Crippen molar-refractivity contribution in [3.05, 3.63) is 0 Å². The molecule has 1 saturated carbocycles. The van der Waals surface area contributed by atoms with Crippen LogP contribution >= 0.6 is 0 Å². The van der Waals surface area contributed by atoms with E-state index < -0.39 is 156 Å². The number of ether oxygens (including phenoxy) is 32. The minimum Gasteiger partial charge on any atom is -0.466 e. The average molecular weight is 1930 g/mol. The van der Waals surface area contributed by atoms with E-state index in [1.54, 1.807) is 0 Å². The fourth-order valence-corrected chi connectivity index (χ4v) is 20.0. The number of esters is 8. The first-order valence-corrected chi connectivity index (χ1v) is 49.4. The molecule has 0 amide bonds. The van der Waals surface area contributed by atoms with E-state index in [0.29, 0.717) is 129 Å². The second kappa shape index (κ2) is 45.6. The number of unbranched alkanes of at least 4 members (excludes halogenated alkanes) is 3. The molecule has 18 rings (SSSR count). The lowest BCUT2D eigenvalue weighted by Crippen LogP contribution is -2.47. The van der Waals surface area contributed by atoms with Gasteiger partial charge < -0.3 is 152 Å². The molecular formula is C95H148O40. The predicted octanol–water partition coefficient (Wildman–Crippen LogP) is 9.62. The van der Waals surface area contributed by atoms with Gasteiger partial charge in [0.25, 0.3) is 11.6 Å². The maximum atomic E-state index is 12.6. The first kappa shape index (κ1) is 106. The van der Waals surface area contributed by atoms with Gasteiger partial charge in [-0.2, -0.15) is 0 Å². The molecule has 17 heterocycles. The molecule has 0 aromatic rings. The Balaban J connectivity index is 0.000000145. The Morgan fingerprint density at radius 1 is 0.311 bits per heavy atom. The zero-order valence-corrected chi connectivity index (χ0v) is 81.4. The molecule has 0 N–H and O–H groups in total. The van der Waals surface area contributed by atoms with Crippen LogP contribution in [-0.4, -0.2) is 321 Å². The molecule has 40 nitrogen and oxygen atoms in total. The maximum absolute atomic E-state index is 12.6. The summed E-state index contributed by atoms with van der Waals surface area (Å²) in [5.41, 5.74) is 0. The van der Waals surface area contributed by atoms with E-state index in [1.165, 1.54) is 26.7 Å². The molecule has 18 bridgehead atoms. The van der Waals surface area contributed by atoms with Crippen LogP contribution in [0.2, 0.25) is 0 Å². The summed E-state index contributed by atoms with van der Waals surface area (Å²) in [7, 11) is 0. The molecule has 768 valence electrons. The second-order valence-corrected chi connectivity index (χ2v) is 40.1. The van der Waals surface area contributed by atoms with Crippen LogP contribution in [0.4, 0.5) is 0 Å². The van der Waals surface area contributed by atoms with Crippen molar-refractivity contribution in [2.75, 3.05) is 92.5 Å². The van der Waals surface area contributed by atoms with Crippen LogP contribution in [0, 0.1) is 5.92 Å².